The average Bonchev–Trinajstić information content (AvgIpc) is 3.38. The second-order valence-corrected chi connectivity index (χ2v) is 10.9. The van der Waals surface area contributed by atoms with Crippen LogP contribution in [0.2, 0.25) is 0 Å². The molecule has 2 aliphatic rings. The molecular formula is C32H40N4O3. The van der Waals surface area contributed by atoms with Gasteiger partial charge in [-0.15, -0.1) is 0 Å². The number of carbonyl (C=O) groups excluding carboxylic acids is 2. The maximum atomic E-state index is 13.5. The first-order valence-electron chi connectivity index (χ1n) is 14.2. The summed E-state index contributed by atoms with van der Waals surface area (Å²) >= 11 is 0. The lowest BCUT2D eigenvalue weighted by Gasteiger charge is -2.35. The third-order valence-electron chi connectivity index (χ3n) is 7.91. The van der Waals surface area contributed by atoms with Crippen LogP contribution in [0.5, 0.6) is 0 Å². The number of nitrogens with zero attached hydrogens (tertiary/aromatic N) is 3. The summed E-state index contributed by atoms with van der Waals surface area (Å²) in [6.07, 6.45) is 3.91. The molecule has 1 aromatic heterocycles. The monoisotopic (exact) mass is 528 g/mol. The predicted octanol–water partition coefficient (Wildman–Crippen LogP) is 5.00. The number of amides is 2. The lowest BCUT2D eigenvalue weighted by molar-refractivity contribution is -0.129. The molecule has 1 atom stereocenters. The fraction of sp³-hybridized carbons (Fsp3) is 0.438. The van der Waals surface area contributed by atoms with Gasteiger partial charge in [0.2, 0.25) is 11.8 Å². The van der Waals surface area contributed by atoms with Crippen molar-refractivity contribution >= 4 is 23.2 Å². The second-order valence-electron chi connectivity index (χ2n) is 10.9. The third kappa shape index (κ3) is 6.47. The Morgan fingerprint density at radius 1 is 0.872 bits per heavy atom. The van der Waals surface area contributed by atoms with Gasteiger partial charge >= 0.3 is 0 Å². The molecule has 2 saturated heterocycles. The van der Waals surface area contributed by atoms with Crippen molar-refractivity contribution in [3.8, 4) is 0 Å². The quantitative estimate of drug-likeness (QED) is 0.467. The van der Waals surface area contributed by atoms with E-state index in [0.29, 0.717) is 0 Å². The Morgan fingerprint density at radius 3 is 2.33 bits per heavy atom. The standard InChI is InChI=1S/C32H40N4O3/c1-23-10-12-28(29(20-23)36-14-5-4-6-15-36)32(30-13-11-24(2)39-30)33-31(38)22-26-8-7-9-27(21-26)35-18-16-34(17-19-35)25(3)37/h7-13,20-21,32H,4-6,14-19,22H2,1-3H3,(H,33,38). The number of nitrogens with one attached hydrogen (secondary N) is 1. The zero-order chi connectivity index (χ0) is 27.4. The number of hydrogen-bond donors (Lipinski definition) is 1. The van der Waals surface area contributed by atoms with Crippen LogP contribution in [-0.4, -0.2) is 56.0 Å². The number of hydrogen-bond acceptors (Lipinski definition) is 5. The Labute approximate surface area is 231 Å². The topological polar surface area (TPSA) is 69.0 Å². The highest BCUT2D eigenvalue weighted by Gasteiger charge is 2.26. The van der Waals surface area contributed by atoms with E-state index in [2.05, 4.69) is 52.4 Å². The summed E-state index contributed by atoms with van der Waals surface area (Å²) in [5.41, 5.74) is 5.52. The molecule has 39 heavy (non-hydrogen) atoms. The van der Waals surface area contributed by atoms with Crippen LogP contribution >= 0.6 is 0 Å². The van der Waals surface area contributed by atoms with Crippen LogP contribution < -0.4 is 15.1 Å². The second kappa shape index (κ2) is 12.0. The Balaban J connectivity index is 1.35. The van der Waals surface area contributed by atoms with E-state index in [4.69, 9.17) is 4.42 Å². The lowest BCUT2D eigenvalue weighted by Crippen LogP contribution is -2.48. The number of rotatable bonds is 7. The SMILES string of the molecule is CC(=O)N1CCN(c2cccc(CC(=O)NC(c3ccc(C)o3)c3ccc(C)cc3N3CCCCC3)c2)CC1. The summed E-state index contributed by atoms with van der Waals surface area (Å²) in [5.74, 6) is 1.66. The Bertz CT molecular complexity index is 1300. The van der Waals surface area contributed by atoms with Gasteiger partial charge in [0, 0.05) is 63.1 Å². The zero-order valence-corrected chi connectivity index (χ0v) is 23.4. The number of piperazine rings is 1. The molecule has 7 heteroatoms. The van der Waals surface area contributed by atoms with Gasteiger partial charge in [0.05, 0.1) is 6.42 Å². The molecule has 2 amide bonds. The van der Waals surface area contributed by atoms with Crippen LogP contribution in [0.3, 0.4) is 0 Å². The number of benzene rings is 2. The van der Waals surface area contributed by atoms with Crippen molar-refractivity contribution in [3.05, 3.63) is 82.8 Å². The van der Waals surface area contributed by atoms with Crippen molar-refractivity contribution in [1.29, 1.82) is 0 Å². The molecule has 3 aromatic rings. The minimum atomic E-state index is -0.369. The summed E-state index contributed by atoms with van der Waals surface area (Å²) in [7, 11) is 0. The Kier molecular flexibility index (Phi) is 8.24. The molecule has 0 bridgehead atoms. The van der Waals surface area contributed by atoms with Gasteiger partial charge in [0.25, 0.3) is 0 Å². The number of aryl methyl sites for hydroxylation is 2. The van der Waals surface area contributed by atoms with Gasteiger partial charge < -0.3 is 24.4 Å². The van der Waals surface area contributed by atoms with E-state index < -0.39 is 0 Å². The van der Waals surface area contributed by atoms with E-state index in [1.54, 1.807) is 6.92 Å². The van der Waals surface area contributed by atoms with Gasteiger partial charge in [0.1, 0.15) is 17.6 Å². The van der Waals surface area contributed by atoms with E-state index in [9.17, 15) is 9.59 Å². The predicted molar refractivity (Wildman–Crippen MR) is 155 cm³/mol. The summed E-state index contributed by atoms with van der Waals surface area (Å²) < 4.78 is 6.08. The van der Waals surface area contributed by atoms with E-state index in [1.165, 1.54) is 30.5 Å². The molecule has 3 heterocycles. The summed E-state index contributed by atoms with van der Waals surface area (Å²) in [4.78, 5) is 31.8. The smallest absolute Gasteiger partial charge is 0.225 e. The van der Waals surface area contributed by atoms with Gasteiger partial charge in [0.15, 0.2) is 0 Å². The molecular weight excluding hydrogens is 488 g/mol. The molecule has 7 nitrogen and oxygen atoms in total. The highest BCUT2D eigenvalue weighted by Crippen LogP contribution is 2.34. The first-order chi connectivity index (χ1) is 18.9. The van der Waals surface area contributed by atoms with Crippen molar-refractivity contribution in [3.63, 3.8) is 0 Å². The number of piperidine rings is 1. The molecule has 5 rings (SSSR count). The summed E-state index contributed by atoms with van der Waals surface area (Å²) in [6, 6.07) is 18.3. The van der Waals surface area contributed by atoms with Gasteiger partial charge in [-0.3, -0.25) is 9.59 Å². The van der Waals surface area contributed by atoms with Crippen molar-refractivity contribution in [2.45, 2.75) is 52.5 Å². The lowest BCUT2D eigenvalue weighted by atomic mass is 9.97. The summed E-state index contributed by atoms with van der Waals surface area (Å²) in [6.45, 7) is 10.8. The molecule has 0 spiro atoms. The number of anilines is 2. The van der Waals surface area contributed by atoms with Crippen LogP contribution in [0.25, 0.3) is 0 Å². The van der Waals surface area contributed by atoms with E-state index >= 15 is 0 Å². The maximum Gasteiger partial charge on any atom is 0.225 e. The van der Waals surface area contributed by atoms with Crippen LogP contribution in [0, 0.1) is 13.8 Å². The van der Waals surface area contributed by atoms with E-state index in [1.807, 2.05) is 36.1 Å². The van der Waals surface area contributed by atoms with Crippen molar-refractivity contribution in [1.82, 2.24) is 10.2 Å². The van der Waals surface area contributed by atoms with Crippen LogP contribution in [0.1, 0.15) is 60.4 Å². The zero-order valence-electron chi connectivity index (χ0n) is 23.4. The maximum absolute atomic E-state index is 13.5. The molecule has 1 unspecified atom stereocenters. The van der Waals surface area contributed by atoms with Crippen LogP contribution in [0.15, 0.2) is 59.0 Å². The highest BCUT2D eigenvalue weighted by molar-refractivity contribution is 5.80. The molecule has 1 N–H and O–H groups in total. The molecule has 2 fully saturated rings. The van der Waals surface area contributed by atoms with Gasteiger partial charge in [-0.2, -0.15) is 0 Å². The first-order valence-corrected chi connectivity index (χ1v) is 14.2. The molecule has 0 aliphatic carbocycles. The molecule has 2 aromatic carbocycles. The minimum Gasteiger partial charge on any atom is -0.464 e. The molecule has 206 valence electrons. The van der Waals surface area contributed by atoms with Gasteiger partial charge in [-0.25, -0.2) is 0 Å². The normalized spacial score (nSPS) is 16.7. The van der Waals surface area contributed by atoms with E-state index in [0.717, 1.165) is 67.6 Å². The van der Waals surface area contributed by atoms with Crippen LogP contribution in [-0.2, 0) is 16.0 Å². The molecule has 0 radical (unpaired) electrons. The van der Waals surface area contributed by atoms with Crippen molar-refractivity contribution in [2.24, 2.45) is 0 Å². The fourth-order valence-electron chi connectivity index (χ4n) is 5.76. The minimum absolute atomic E-state index is 0.0437. The number of carbonyl (C=O) groups is 2. The largest absolute Gasteiger partial charge is 0.464 e. The van der Waals surface area contributed by atoms with Gasteiger partial charge in [-0.05, 0) is 74.6 Å². The van der Waals surface area contributed by atoms with Crippen LogP contribution in [0.4, 0.5) is 11.4 Å². The summed E-state index contributed by atoms with van der Waals surface area (Å²) in [5, 5.41) is 3.31. The average molecular weight is 529 g/mol. The van der Waals surface area contributed by atoms with Crippen molar-refractivity contribution < 1.29 is 14.0 Å². The third-order valence-corrected chi connectivity index (χ3v) is 7.91. The highest BCUT2D eigenvalue weighted by atomic mass is 16.3. The molecule has 2 aliphatic heterocycles. The van der Waals surface area contributed by atoms with Crippen molar-refractivity contribution in [2.75, 3.05) is 49.1 Å². The van der Waals surface area contributed by atoms with Gasteiger partial charge in [-0.1, -0.05) is 24.3 Å². The fourth-order valence-corrected chi connectivity index (χ4v) is 5.76. The Morgan fingerprint density at radius 2 is 1.64 bits per heavy atom. The number of furan rings is 1. The molecule has 0 saturated carbocycles. The van der Waals surface area contributed by atoms with E-state index in [-0.39, 0.29) is 24.3 Å². The first kappa shape index (κ1) is 26.9. The Hall–Kier alpha value is -3.74.